The molecule has 1 aliphatic rings. The number of amides is 2. The number of anilines is 1. The number of rotatable bonds is 5. The van der Waals surface area contributed by atoms with Crippen LogP contribution in [0.1, 0.15) is 19.4 Å². The first kappa shape index (κ1) is 18.9. The summed E-state index contributed by atoms with van der Waals surface area (Å²) in [5, 5.41) is 3.35. The summed E-state index contributed by atoms with van der Waals surface area (Å²) in [7, 11) is 1.58. The van der Waals surface area contributed by atoms with Crippen LogP contribution in [0.15, 0.2) is 53.5 Å². The fourth-order valence-corrected chi connectivity index (χ4v) is 2.96. The van der Waals surface area contributed by atoms with Crippen LogP contribution in [0, 0.1) is 0 Å². The third kappa shape index (κ3) is 4.11. The molecule has 140 valence electrons. The molecule has 2 aromatic carbocycles. The molecule has 2 amide bonds. The average Bonchev–Trinajstić information content (AvgIpc) is 2.87. The molecule has 0 aliphatic carbocycles. The molecule has 0 atom stereocenters. The lowest BCUT2D eigenvalue weighted by atomic mass is 10.1. The second-order valence-corrected chi connectivity index (χ2v) is 7.07. The predicted molar refractivity (Wildman–Crippen MR) is 105 cm³/mol. The lowest BCUT2D eigenvalue weighted by Gasteiger charge is -2.28. The van der Waals surface area contributed by atoms with Gasteiger partial charge in [0.1, 0.15) is 23.7 Å². The Bertz CT molecular complexity index is 890. The molecule has 0 spiro atoms. The molecule has 0 radical (unpaired) electrons. The van der Waals surface area contributed by atoms with E-state index in [4.69, 9.17) is 16.3 Å². The van der Waals surface area contributed by atoms with Gasteiger partial charge in [-0.1, -0.05) is 11.6 Å². The zero-order valence-corrected chi connectivity index (χ0v) is 16.1. The standard InChI is InChI=1S/C20H20ClN3O3/c1-20(2)23-18(13-4-10-16(27-3)11-5-13)19(26)24(20)12-17(25)22-15-8-6-14(21)7-9-15/h4-11H,12H2,1-3H3,(H,22,25). The molecule has 7 heteroatoms. The van der Waals surface area contributed by atoms with Crippen molar-refractivity contribution in [2.24, 2.45) is 4.99 Å². The van der Waals surface area contributed by atoms with E-state index in [1.54, 1.807) is 69.5 Å². The van der Waals surface area contributed by atoms with Crippen molar-refractivity contribution >= 4 is 34.8 Å². The van der Waals surface area contributed by atoms with Crippen LogP contribution in [0.25, 0.3) is 0 Å². The van der Waals surface area contributed by atoms with E-state index in [2.05, 4.69) is 10.3 Å². The van der Waals surface area contributed by atoms with E-state index in [-0.39, 0.29) is 18.4 Å². The largest absolute Gasteiger partial charge is 0.497 e. The van der Waals surface area contributed by atoms with E-state index in [1.165, 1.54) is 4.90 Å². The summed E-state index contributed by atoms with van der Waals surface area (Å²) in [4.78, 5) is 31.3. The maximum atomic E-state index is 12.9. The van der Waals surface area contributed by atoms with Crippen LogP contribution in [0.2, 0.25) is 5.02 Å². The minimum Gasteiger partial charge on any atom is -0.497 e. The Kier molecular flexibility index (Phi) is 5.19. The van der Waals surface area contributed by atoms with Crippen molar-refractivity contribution in [1.29, 1.82) is 0 Å². The minimum absolute atomic E-state index is 0.0996. The molecule has 0 saturated carbocycles. The lowest BCUT2D eigenvalue weighted by molar-refractivity contribution is -0.131. The number of nitrogens with zero attached hydrogens (tertiary/aromatic N) is 2. The summed E-state index contributed by atoms with van der Waals surface area (Å²) in [5.41, 5.74) is 0.825. The fourth-order valence-electron chi connectivity index (χ4n) is 2.84. The summed E-state index contributed by atoms with van der Waals surface area (Å²) >= 11 is 5.85. The van der Waals surface area contributed by atoms with Crippen molar-refractivity contribution in [2.75, 3.05) is 19.0 Å². The molecule has 2 aromatic rings. The van der Waals surface area contributed by atoms with Gasteiger partial charge in [-0.15, -0.1) is 0 Å². The van der Waals surface area contributed by atoms with E-state index < -0.39 is 5.66 Å². The summed E-state index contributed by atoms with van der Waals surface area (Å²) in [6, 6.07) is 13.9. The van der Waals surface area contributed by atoms with Crippen molar-refractivity contribution in [1.82, 2.24) is 4.90 Å². The molecular formula is C20H20ClN3O3. The van der Waals surface area contributed by atoms with Gasteiger partial charge >= 0.3 is 0 Å². The van der Waals surface area contributed by atoms with Gasteiger partial charge in [0.2, 0.25) is 5.91 Å². The summed E-state index contributed by atoms with van der Waals surface area (Å²) in [5.74, 6) is 0.115. The molecular weight excluding hydrogens is 366 g/mol. The minimum atomic E-state index is -0.816. The van der Waals surface area contributed by atoms with Gasteiger partial charge in [0.15, 0.2) is 0 Å². The second-order valence-electron chi connectivity index (χ2n) is 6.63. The van der Waals surface area contributed by atoms with E-state index in [9.17, 15) is 9.59 Å². The van der Waals surface area contributed by atoms with Crippen LogP contribution in [-0.4, -0.2) is 41.7 Å². The summed E-state index contributed by atoms with van der Waals surface area (Å²) in [6.07, 6.45) is 0. The second kappa shape index (κ2) is 7.40. The number of carbonyl (C=O) groups excluding carboxylic acids is 2. The first-order chi connectivity index (χ1) is 12.8. The molecule has 0 bridgehead atoms. The normalized spacial score (nSPS) is 15.5. The molecule has 3 rings (SSSR count). The van der Waals surface area contributed by atoms with Gasteiger partial charge < -0.3 is 15.0 Å². The van der Waals surface area contributed by atoms with E-state index in [1.807, 2.05) is 0 Å². The van der Waals surface area contributed by atoms with E-state index in [0.717, 1.165) is 0 Å². The van der Waals surface area contributed by atoms with Gasteiger partial charge in [-0.3, -0.25) is 14.6 Å². The molecule has 1 aliphatic heterocycles. The number of hydrogen-bond acceptors (Lipinski definition) is 4. The maximum Gasteiger partial charge on any atom is 0.275 e. The Hall–Kier alpha value is -2.86. The molecule has 1 N–H and O–H groups in total. The summed E-state index contributed by atoms with van der Waals surface area (Å²) in [6.45, 7) is 3.51. The number of methoxy groups -OCH3 is 1. The Labute approximate surface area is 162 Å². The van der Waals surface area contributed by atoms with Crippen molar-refractivity contribution in [3.05, 3.63) is 59.1 Å². The Morgan fingerprint density at radius 3 is 2.37 bits per heavy atom. The van der Waals surface area contributed by atoms with Crippen LogP contribution >= 0.6 is 11.6 Å². The van der Waals surface area contributed by atoms with Crippen molar-refractivity contribution in [3.63, 3.8) is 0 Å². The number of carbonyl (C=O) groups is 2. The highest BCUT2D eigenvalue weighted by Gasteiger charge is 2.41. The molecule has 0 saturated heterocycles. The number of nitrogens with one attached hydrogen (secondary N) is 1. The predicted octanol–water partition coefficient (Wildman–Crippen LogP) is 3.35. The van der Waals surface area contributed by atoms with Gasteiger partial charge in [0.25, 0.3) is 5.91 Å². The van der Waals surface area contributed by atoms with Crippen LogP contribution in [0.4, 0.5) is 5.69 Å². The molecule has 1 heterocycles. The van der Waals surface area contributed by atoms with Crippen molar-refractivity contribution in [2.45, 2.75) is 19.5 Å². The zero-order chi connectivity index (χ0) is 19.6. The topological polar surface area (TPSA) is 71.0 Å². The van der Waals surface area contributed by atoms with E-state index in [0.29, 0.717) is 27.7 Å². The number of ether oxygens (including phenoxy) is 1. The molecule has 0 fully saturated rings. The van der Waals surface area contributed by atoms with E-state index >= 15 is 0 Å². The monoisotopic (exact) mass is 385 g/mol. The maximum absolute atomic E-state index is 12.9. The van der Waals surface area contributed by atoms with Gasteiger partial charge in [-0.05, 0) is 62.4 Å². The molecule has 0 aromatic heterocycles. The highest BCUT2D eigenvalue weighted by Crippen LogP contribution is 2.27. The van der Waals surface area contributed by atoms with Gasteiger partial charge in [-0.25, -0.2) is 0 Å². The zero-order valence-electron chi connectivity index (χ0n) is 15.3. The van der Waals surface area contributed by atoms with Crippen LogP contribution in [0.5, 0.6) is 5.75 Å². The lowest BCUT2D eigenvalue weighted by Crippen LogP contribution is -2.46. The molecule has 6 nitrogen and oxygen atoms in total. The quantitative estimate of drug-likeness (QED) is 0.857. The Morgan fingerprint density at radius 1 is 1.15 bits per heavy atom. The highest BCUT2D eigenvalue weighted by molar-refractivity contribution is 6.47. The number of hydrogen-bond donors (Lipinski definition) is 1. The van der Waals surface area contributed by atoms with Crippen LogP contribution in [-0.2, 0) is 9.59 Å². The van der Waals surface area contributed by atoms with Crippen molar-refractivity contribution < 1.29 is 14.3 Å². The van der Waals surface area contributed by atoms with Crippen LogP contribution in [0.3, 0.4) is 0 Å². The van der Waals surface area contributed by atoms with Gasteiger partial charge in [-0.2, -0.15) is 0 Å². The Morgan fingerprint density at radius 2 is 1.78 bits per heavy atom. The highest BCUT2D eigenvalue weighted by atomic mass is 35.5. The Balaban J connectivity index is 1.73. The van der Waals surface area contributed by atoms with Crippen LogP contribution < -0.4 is 10.1 Å². The number of benzene rings is 2. The summed E-state index contributed by atoms with van der Waals surface area (Å²) < 4.78 is 5.14. The first-order valence-corrected chi connectivity index (χ1v) is 8.79. The van der Waals surface area contributed by atoms with Gasteiger partial charge in [0.05, 0.1) is 7.11 Å². The fraction of sp³-hybridized carbons (Fsp3) is 0.250. The molecule has 0 unspecified atom stereocenters. The smallest absolute Gasteiger partial charge is 0.275 e. The number of halogens is 1. The van der Waals surface area contributed by atoms with Gasteiger partial charge in [0, 0.05) is 16.3 Å². The third-order valence-electron chi connectivity index (χ3n) is 4.29. The third-order valence-corrected chi connectivity index (χ3v) is 4.54. The SMILES string of the molecule is COc1ccc(C2=NC(C)(C)N(CC(=O)Nc3ccc(Cl)cc3)C2=O)cc1. The van der Waals surface area contributed by atoms with Crippen molar-refractivity contribution in [3.8, 4) is 5.75 Å². The first-order valence-electron chi connectivity index (χ1n) is 8.42. The molecule has 27 heavy (non-hydrogen) atoms. The average molecular weight is 386 g/mol. The number of aliphatic imine (C=N–C) groups is 1.